The number of carbonyl (C=O) groups excluding carboxylic acids is 1. The van der Waals surface area contributed by atoms with E-state index in [9.17, 15) is 4.79 Å². The van der Waals surface area contributed by atoms with E-state index < -0.39 is 8.07 Å². The lowest BCUT2D eigenvalue weighted by atomic mass is 10.1. The summed E-state index contributed by atoms with van der Waals surface area (Å²) in [6.45, 7) is 12.9. The van der Waals surface area contributed by atoms with E-state index in [0.29, 0.717) is 10.8 Å². The van der Waals surface area contributed by atoms with Gasteiger partial charge in [0.2, 0.25) is 0 Å². The molecule has 0 radical (unpaired) electrons. The first kappa shape index (κ1) is 10.7. The van der Waals surface area contributed by atoms with Crippen LogP contribution in [0.5, 0.6) is 0 Å². The van der Waals surface area contributed by atoms with Crippen molar-refractivity contribution in [1.82, 2.24) is 0 Å². The van der Waals surface area contributed by atoms with Gasteiger partial charge in [-0.05, 0) is 24.8 Å². The Kier molecular flexibility index (Phi) is 2.54. The first-order chi connectivity index (χ1) is 5.79. The third kappa shape index (κ3) is 1.93. The van der Waals surface area contributed by atoms with Gasteiger partial charge in [-0.3, -0.25) is 0 Å². The van der Waals surface area contributed by atoms with Crippen LogP contribution in [-0.2, 0) is 4.79 Å². The fraction of sp³-hybridized carbons (Fsp3) is 0.727. The summed E-state index contributed by atoms with van der Waals surface area (Å²) in [6.07, 6.45) is 2.97. The molecule has 0 heterocycles. The smallest absolute Gasteiger partial charge is 0.129 e. The van der Waals surface area contributed by atoms with Gasteiger partial charge in [-0.25, -0.2) is 0 Å². The minimum Gasteiger partial charge on any atom is -0.300 e. The van der Waals surface area contributed by atoms with Crippen LogP contribution in [-0.4, -0.2) is 13.9 Å². The molecule has 1 unspecified atom stereocenters. The average Bonchev–Trinajstić information content (AvgIpc) is 2.57. The van der Waals surface area contributed by atoms with Crippen molar-refractivity contribution in [2.24, 2.45) is 0 Å². The summed E-state index contributed by atoms with van der Waals surface area (Å²) in [5.41, 5.74) is 1.40. The zero-order valence-electron chi connectivity index (χ0n) is 9.24. The van der Waals surface area contributed by atoms with E-state index in [1.165, 1.54) is 12.0 Å². The van der Waals surface area contributed by atoms with E-state index in [-0.39, 0.29) is 0 Å². The number of rotatable bonds is 4. The summed E-state index contributed by atoms with van der Waals surface area (Å²) in [5.74, 6) is 0.317. The Morgan fingerprint density at radius 1 is 1.54 bits per heavy atom. The highest BCUT2D eigenvalue weighted by Gasteiger charge is 2.55. The molecule has 0 aliphatic heterocycles. The lowest BCUT2D eigenvalue weighted by Gasteiger charge is -2.28. The van der Waals surface area contributed by atoms with Gasteiger partial charge in [0, 0.05) is 6.42 Å². The number of hydrogen-bond acceptors (Lipinski definition) is 1. The van der Waals surface area contributed by atoms with Crippen LogP contribution in [0.3, 0.4) is 0 Å². The van der Waals surface area contributed by atoms with E-state index >= 15 is 0 Å². The van der Waals surface area contributed by atoms with Gasteiger partial charge in [-0.2, -0.15) is 0 Å². The zero-order chi connectivity index (χ0) is 10.3. The highest BCUT2D eigenvalue weighted by Crippen LogP contribution is 2.67. The molecule has 0 aromatic heterocycles. The third-order valence-electron chi connectivity index (χ3n) is 3.41. The second kappa shape index (κ2) is 3.09. The molecule has 0 aromatic rings. The summed E-state index contributed by atoms with van der Waals surface area (Å²) < 4.78 is 0. The van der Waals surface area contributed by atoms with Crippen molar-refractivity contribution in [2.75, 3.05) is 0 Å². The molecule has 0 N–H and O–H groups in total. The Morgan fingerprint density at radius 2 is 2.00 bits per heavy atom. The van der Waals surface area contributed by atoms with Crippen molar-refractivity contribution in [2.45, 2.75) is 50.9 Å². The van der Waals surface area contributed by atoms with Gasteiger partial charge in [0.1, 0.15) is 5.78 Å². The van der Waals surface area contributed by atoms with Gasteiger partial charge in [0.25, 0.3) is 0 Å². The fourth-order valence-electron chi connectivity index (χ4n) is 2.15. The standard InChI is InChI=1S/C11H20OSi/c1-9-8-11(9,13(3,4)5)7-6-10(2)12/h1,6-8H2,2-5H3. The Bertz CT molecular complexity index is 249. The number of allylic oxidation sites excluding steroid dienone is 1. The molecule has 0 amide bonds. The first-order valence-electron chi connectivity index (χ1n) is 4.97. The Hall–Kier alpha value is -0.373. The SMILES string of the molecule is C=C1CC1(CCC(C)=O)[Si](C)(C)C. The maximum atomic E-state index is 10.9. The van der Waals surface area contributed by atoms with Gasteiger partial charge < -0.3 is 4.79 Å². The minimum atomic E-state index is -1.16. The highest BCUT2D eigenvalue weighted by molar-refractivity contribution is 6.81. The fourth-order valence-corrected chi connectivity index (χ4v) is 4.82. The van der Waals surface area contributed by atoms with Gasteiger partial charge in [0.05, 0.1) is 8.07 Å². The van der Waals surface area contributed by atoms with Crippen molar-refractivity contribution in [3.8, 4) is 0 Å². The second-order valence-electron chi connectivity index (χ2n) is 5.31. The molecule has 1 rings (SSSR count). The molecule has 0 saturated heterocycles. The number of carbonyl (C=O) groups is 1. The summed E-state index contributed by atoms with van der Waals surface area (Å²) in [7, 11) is -1.16. The lowest BCUT2D eigenvalue weighted by Crippen LogP contribution is -2.30. The second-order valence-corrected chi connectivity index (χ2v) is 10.8. The van der Waals surface area contributed by atoms with Crippen molar-refractivity contribution >= 4 is 13.9 Å². The minimum absolute atomic E-state index is 0.317. The topological polar surface area (TPSA) is 17.1 Å². The van der Waals surface area contributed by atoms with Crippen LogP contribution in [0.25, 0.3) is 0 Å². The van der Waals surface area contributed by atoms with Gasteiger partial charge >= 0.3 is 0 Å². The summed E-state index contributed by atoms with van der Waals surface area (Å²) in [5, 5.41) is 0.401. The molecule has 1 aliphatic carbocycles. The largest absolute Gasteiger partial charge is 0.300 e. The molecular weight excluding hydrogens is 176 g/mol. The third-order valence-corrected chi connectivity index (χ3v) is 7.06. The van der Waals surface area contributed by atoms with Crippen molar-refractivity contribution in [1.29, 1.82) is 0 Å². The number of hydrogen-bond donors (Lipinski definition) is 0. The van der Waals surface area contributed by atoms with Crippen LogP contribution in [0.1, 0.15) is 26.2 Å². The normalized spacial score (nSPS) is 27.5. The van der Waals surface area contributed by atoms with Crippen molar-refractivity contribution in [3.05, 3.63) is 12.2 Å². The molecule has 2 heteroatoms. The lowest BCUT2D eigenvalue weighted by molar-refractivity contribution is -0.117. The van der Waals surface area contributed by atoms with Crippen LogP contribution < -0.4 is 0 Å². The molecule has 0 bridgehead atoms. The zero-order valence-corrected chi connectivity index (χ0v) is 10.2. The molecule has 74 valence electrons. The molecule has 1 atom stereocenters. The molecule has 1 nitrogen and oxygen atoms in total. The molecule has 0 aromatic carbocycles. The summed E-state index contributed by atoms with van der Waals surface area (Å²) in [4.78, 5) is 10.9. The summed E-state index contributed by atoms with van der Waals surface area (Å²) in [6, 6.07) is 0. The Balaban J connectivity index is 2.64. The van der Waals surface area contributed by atoms with Crippen molar-refractivity contribution in [3.63, 3.8) is 0 Å². The highest BCUT2D eigenvalue weighted by atomic mass is 28.3. The molecule has 1 saturated carbocycles. The van der Waals surface area contributed by atoms with Gasteiger partial charge in [-0.1, -0.05) is 31.8 Å². The van der Waals surface area contributed by atoms with E-state index in [4.69, 9.17) is 0 Å². The van der Waals surface area contributed by atoms with E-state index in [2.05, 4.69) is 26.2 Å². The Morgan fingerprint density at radius 3 is 2.23 bits per heavy atom. The van der Waals surface area contributed by atoms with E-state index in [1.807, 2.05) is 0 Å². The molecular formula is C11H20OSi. The van der Waals surface area contributed by atoms with Crippen LogP contribution in [0.4, 0.5) is 0 Å². The average molecular weight is 196 g/mol. The van der Waals surface area contributed by atoms with Gasteiger partial charge in [0.15, 0.2) is 0 Å². The van der Waals surface area contributed by atoms with Crippen LogP contribution >= 0.6 is 0 Å². The number of ketones is 1. The molecule has 1 fully saturated rings. The first-order valence-corrected chi connectivity index (χ1v) is 8.47. The molecule has 13 heavy (non-hydrogen) atoms. The van der Waals surface area contributed by atoms with Gasteiger partial charge in [-0.15, -0.1) is 0 Å². The maximum absolute atomic E-state index is 10.9. The van der Waals surface area contributed by atoms with Crippen LogP contribution in [0.15, 0.2) is 12.2 Å². The maximum Gasteiger partial charge on any atom is 0.129 e. The monoisotopic (exact) mass is 196 g/mol. The van der Waals surface area contributed by atoms with E-state index in [1.54, 1.807) is 6.92 Å². The molecule has 0 spiro atoms. The number of Topliss-reactive ketones (excluding diaryl/α,β-unsaturated/α-hetero) is 1. The van der Waals surface area contributed by atoms with Crippen LogP contribution in [0.2, 0.25) is 24.7 Å². The van der Waals surface area contributed by atoms with Crippen LogP contribution in [0, 0.1) is 0 Å². The van der Waals surface area contributed by atoms with E-state index in [0.717, 1.165) is 12.8 Å². The van der Waals surface area contributed by atoms with Crippen molar-refractivity contribution < 1.29 is 4.79 Å². The quantitative estimate of drug-likeness (QED) is 0.497. The molecule has 1 aliphatic rings. The predicted octanol–water partition coefficient (Wildman–Crippen LogP) is 3.39. The Labute approximate surface area is 82.2 Å². The summed E-state index contributed by atoms with van der Waals surface area (Å²) >= 11 is 0. The predicted molar refractivity (Wildman–Crippen MR) is 59.7 cm³/mol.